The number of ether oxygens (including phenoxy) is 1. The van der Waals surface area contributed by atoms with Gasteiger partial charge in [-0.25, -0.2) is 4.39 Å². The molecule has 1 aliphatic rings. The summed E-state index contributed by atoms with van der Waals surface area (Å²) in [4.78, 5) is 6.68. The number of piperidine rings is 1. The van der Waals surface area contributed by atoms with E-state index in [0.717, 1.165) is 37.0 Å². The monoisotopic (exact) mass is 312 g/mol. The van der Waals surface area contributed by atoms with E-state index in [-0.39, 0.29) is 11.9 Å². The smallest absolute Gasteiger partial charge is 0.298 e. The van der Waals surface area contributed by atoms with E-state index in [4.69, 9.17) is 9.15 Å². The van der Waals surface area contributed by atoms with Crippen molar-refractivity contribution in [2.75, 3.05) is 18.0 Å². The van der Waals surface area contributed by atoms with Crippen molar-refractivity contribution in [2.45, 2.75) is 18.9 Å². The van der Waals surface area contributed by atoms with Crippen LogP contribution in [-0.2, 0) is 0 Å². The molecule has 1 fully saturated rings. The minimum Gasteiger partial charge on any atom is -0.490 e. The molecule has 0 amide bonds. The number of benzene rings is 2. The third-order valence-corrected chi connectivity index (χ3v) is 4.11. The lowest BCUT2D eigenvalue weighted by atomic mass is 10.1. The lowest BCUT2D eigenvalue weighted by Crippen LogP contribution is -2.38. The Morgan fingerprint density at radius 2 is 1.78 bits per heavy atom. The van der Waals surface area contributed by atoms with E-state index in [9.17, 15) is 4.39 Å². The molecule has 4 nitrogen and oxygen atoms in total. The Balaban J connectivity index is 1.39. The molecule has 118 valence electrons. The van der Waals surface area contributed by atoms with Crippen LogP contribution < -0.4 is 9.64 Å². The first kappa shape index (κ1) is 14.1. The van der Waals surface area contributed by atoms with Crippen molar-refractivity contribution in [3.8, 4) is 5.75 Å². The summed E-state index contributed by atoms with van der Waals surface area (Å²) in [6, 6.07) is 14.6. The van der Waals surface area contributed by atoms with E-state index in [1.54, 1.807) is 12.1 Å². The highest BCUT2D eigenvalue weighted by molar-refractivity contribution is 5.74. The zero-order chi connectivity index (χ0) is 15.6. The molecule has 1 saturated heterocycles. The zero-order valence-electron chi connectivity index (χ0n) is 12.6. The molecule has 0 N–H and O–H groups in total. The lowest BCUT2D eigenvalue weighted by Gasteiger charge is -2.31. The molecule has 0 aliphatic carbocycles. The summed E-state index contributed by atoms with van der Waals surface area (Å²) in [5.74, 6) is 0.467. The van der Waals surface area contributed by atoms with Gasteiger partial charge >= 0.3 is 0 Å². The van der Waals surface area contributed by atoms with Gasteiger partial charge in [-0.1, -0.05) is 12.1 Å². The second kappa shape index (κ2) is 5.91. The number of fused-ring (bicyclic) bond motifs is 1. The maximum atomic E-state index is 12.9. The number of para-hydroxylation sites is 2. The molecule has 4 rings (SSSR count). The van der Waals surface area contributed by atoms with Crippen molar-refractivity contribution in [3.05, 3.63) is 54.3 Å². The van der Waals surface area contributed by atoms with Crippen LogP contribution in [0.5, 0.6) is 5.75 Å². The van der Waals surface area contributed by atoms with E-state index in [0.29, 0.717) is 11.8 Å². The van der Waals surface area contributed by atoms with Crippen LogP contribution in [0.25, 0.3) is 11.1 Å². The fraction of sp³-hybridized carbons (Fsp3) is 0.278. The Bertz CT molecular complexity index is 759. The number of halogens is 1. The van der Waals surface area contributed by atoms with E-state index in [1.807, 2.05) is 24.3 Å². The molecule has 1 aromatic heterocycles. The van der Waals surface area contributed by atoms with Crippen molar-refractivity contribution in [3.63, 3.8) is 0 Å². The van der Waals surface area contributed by atoms with Gasteiger partial charge in [0.1, 0.15) is 23.2 Å². The fourth-order valence-electron chi connectivity index (χ4n) is 2.87. The molecular formula is C18H17FN2O2. The molecule has 1 aliphatic heterocycles. The number of oxazole rings is 1. The Kier molecular flexibility index (Phi) is 3.61. The third-order valence-electron chi connectivity index (χ3n) is 4.11. The second-order valence-corrected chi connectivity index (χ2v) is 5.72. The van der Waals surface area contributed by atoms with Crippen molar-refractivity contribution in [1.29, 1.82) is 0 Å². The average Bonchev–Trinajstić information content (AvgIpc) is 3.02. The lowest BCUT2D eigenvalue weighted by molar-refractivity contribution is 0.169. The molecular weight excluding hydrogens is 295 g/mol. The number of rotatable bonds is 3. The number of nitrogens with zero attached hydrogens (tertiary/aromatic N) is 2. The molecule has 0 bridgehead atoms. The molecule has 2 aromatic carbocycles. The van der Waals surface area contributed by atoms with E-state index in [2.05, 4.69) is 9.88 Å². The largest absolute Gasteiger partial charge is 0.490 e. The van der Waals surface area contributed by atoms with Gasteiger partial charge in [-0.05, 0) is 36.4 Å². The quantitative estimate of drug-likeness (QED) is 0.732. The minimum absolute atomic E-state index is 0.140. The molecule has 0 saturated carbocycles. The summed E-state index contributed by atoms with van der Waals surface area (Å²) < 4.78 is 24.6. The van der Waals surface area contributed by atoms with Crippen LogP contribution in [0.3, 0.4) is 0 Å². The molecule has 23 heavy (non-hydrogen) atoms. The SMILES string of the molecule is Fc1ccc(OC2CCN(c3nc4ccccc4o3)CC2)cc1. The Morgan fingerprint density at radius 3 is 2.52 bits per heavy atom. The van der Waals surface area contributed by atoms with E-state index >= 15 is 0 Å². The van der Waals surface area contributed by atoms with Crippen LogP contribution in [0.1, 0.15) is 12.8 Å². The number of hydrogen-bond acceptors (Lipinski definition) is 4. The summed E-state index contributed by atoms with van der Waals surface area (Å²) in [6.45, 7) is 1.66. The summed E-state index contributed by atoms with van der Waals surface area (Å²) in [5, 5.41) is 0. The molecule has 2 heterocycles. The van der Waals surface area contributed by atoms with Crippen molar-refractivity contribution in [2.24, 2.45) is 0 Å². The van der Waals surface area contributed by atoms with Crippen LogP contribution >= 0.6 is 0 Å². The first-order valence-corrected chi connectivity index (χ1v) is 7.81. The van der Waals surface area contributed by atoms with Gasteiger partial charge in [0, 0.05) is 25.9 Å². The number of anilines is 1. The standard InChI is InChI=1S/C18H17FN2O2/c19-13-5-7-14(8-6-13)22-15-9-11-21(12-10-15)18-20-16-3-1-2-4-17(16)23-18/h1-8,15H,9-12H2. The van der Waals surface area contributed by atoms with Crippen LogP contribution in [0, 0.1) is 5.82 Å². The molecule has 0 atom stereocenters. The topological polar surface area (TPSA) is 38.5 Å². The van der Waals surface area contributed by atoms with Crippen molar-refractivity contribution >= 4 is 17.1 Å². The highest BCUT2D eigenvalue weighted by atomic mass is 19.1. The first-order chi connectivity index (χ1) is 11.3. The van der Waals surface area contributed by atoms with Gasteiger partial charge in [0.2, 0.25) is 0 Å². The van der Waals surface area contributed by atoms with Gasteiger partial charge in [0.25, 0.3) is 6.01 Å². The summed E-state index contributed by atoms with van der Waals surface area (Å²) in [7, 11) is 0. The van der Waals surface area contributed by atoms with Crippen LogP contribution in [0.2, 0.25) is 0 Å². The second-order valence-electron chi connectivity index (χ2n) is 5.72. The van der Waals surface area contributed by atoms with Gasteiger partial charge in [0.05, 0.1) is 0 Å². The normalized spacial score (nSPS) is 16.0. The molecule has 0 radical (unpaired) electrons. The first-order valence-electron chi connectivity index (χ1n) is 7.81. The Hall–Kier alpha value is -2.56. The minimum atomic E-state index is -0.247. The molecule has 0 unspecified atom stereocenters. The summed E-state index contributed by atoms with van der Waals surface area (Å²) in [5.41, 5.74) is 1.69. The van der Waals surface area contributed by atoms with Gasteiger partial charge in [0.15, 0.2) is 5.58 Å². The van der Waals surface area contributed by atoms with Gasteiger partial charge in [-0.2, -0.15) is 4.98 Å². The van der Waals surface area contributed by atoms with Gasteiger partial charge in [-0.15, -0.1) is 0 Å². The Morgan fingerprint density at radius 1 is 1.04 bits per heavy atom. The molecule has 3 aromatic rings. The molecule has 5 heteroatoms. The molecule has 0 spiro atoms. The van der Waals surface area contributed by atoms with Crippen molar-refractivity contribution < 1.29 is 13.5 Å². The maximum Gasteiger partial charge on any atom is 0.298 e. The van der Waals surface area contributed by atoms with E-state index < -0.39 is 0 Å². The predicted molar refractivity (Wildman–Crippen MR) is 86.3 cm³/mol. The van der Waals surface area contributed by atoms with Crippen LogP contribution in [0.15, 0.2) is 52.9 Å². The van der Waals surface area contributed by atoms with Crippen LogP contribution in [-0.4, -0.2) is 24.2 Å². The number of aromatic nitrogens is 1. The van der Waals surface area contributed by atoms with E-state index in [1.165, 1.54) is 12.1 Å². The summed E-state index contributed by atoms with van der Waals surface area (Å²) >= 11 is 0. The zero-order valence-corrected chi connectivity index (χ0v) is 12.6. The highest BCUT2D eigenvalue weighted by Gasteiger charge is 2.23. The summed E-state index contributed by atoms with van der Waals surface area (Å²) in [6.07, 6.45) is 1.91. The Labute approximate surface area is 133 Å². The highest BCUT2D eigenvalue weighted by Crippen LogP contribution is 2.26. The van der Waals surface area contributed by atoms with Crippen molar-refractivity contribution in [1.82, 2.24) is 4.98 Å². The fourth-order valence-corrected chi connectivity index (χ4v) is 2.87. The third kappa shape index (κ3) is 2.99. The van der Waals surface area contributed by atoms with Gasteiger partial charge < -0.3 is 14.1 Å². The maximum absolute atomic E-state index is 12.9. The van der Waals surface area contributed by atoms with Crippen LogP contribution in [0.4, 0.5) is 10.4 Å². The average molecular weight is 312 g/mol. The van der Waals surface area contributed by atoms with Gasteiger partial charge in [-0.3, -0.25) is 0 Å². The number of hydrogen-bond donors (Lipinski definition) is 0. The predicted octanol–water partition coefficient (Wildman–Crippen LogP) is 4.01.